The highest BCUT2D eigenvalue weighted by molar-refractivity contribution is 6.00. The van der Waals surface area contributed by atoms with Crippen molar-refractivity contribution in [1.29, 1.82) is 0 Å². The Kier molecular flexibility index (Phi) is 8.06. The lowest BCUT2D eigenvalue weighted by Crippen LogP contribution is -2.47. The zero-order chi connectivity index (χ0) is 22.2. The minimum atomic E-state index is -0.455. The van der Waals surface area contributed by atoms with Crippen molar-refractivity contribution in [2.75, 3.05) is 39.8 Å². The minimum Gasteiger partial charge on any atom is -0.493 e. The SMILES string of the molecule is CC(CCOc1ccccc1-c1ccccc1C(N)=O)CCC(=O)N1CCN(C)CC1. The number of para-hydroxylation sites is 1. The molecule has 1 saturated heterocycles. The molecule has 2 aromatic rings. The number of hydrogen-bond acceptors (Lipinski definition) is 4. The molecule has 0 aromatic heterocycles. The maximum Gasteiger partial charge on any atom is 0.249 e. The molecule has 0 spiro atoms. The zero-order valence-corrected chi connectivity index (χ0v) is 18.5. The number of benzene rings is 2. The molecule has 1 aliphatic heterocycles. The van der Waals surface area contributed by atoms with Crippen LogP contribution in [0.2, 0.25) is 0 Å². The Morgan fingerprint density at radius 1 is 0.968 bits per heavy atom. The second-order valence-electron chi connectivity index (χ2n) is 8.37. The quantitative estimate of drug-likeness (QED) is 0.671. The topological polar surface area (TPSA) is 75.9 Å². The molecular weight excluding hydrogens is 390 g/mol. The largest absolute Gasteiger partial charge is 0.493 e. The Morgan fingerprint density at radius 2 is 1.61 bits per heavy atom. The van der Waals surface area contributed by atoms with E-state index in [0.29, 0.717) is 24.5 Å². The number of primary amides is 1. The Morgan fingerprint density at radius 3 is 2.32 bits per heavy atom. The number of nitrogens with zero attached hydrogens (tertiary/aromatic N) is 2. The molecule has 6 nitrogen and oxygen atoms in total. The predicted octanol–water partition coefficient (Wildman–Crippen LogP) is 3.41. The lowest BCUT2D eigenvalue weighted by molar-refractivity contribution is -0.133. The van der Waals surface area contributed by atoms with E-state index < -0.39 is 5.91 Å². The van der Waals surface area contributed by atoms with Gasteiger partial charge in [0.05, 0.1) is 6.61 Å². The van der Waals surface area contributed by atoms with E-state index in [1.165, 1.54) is 0 Å². The molecule has 2 amide bonds. The summed E-state index contributed by atoms with van der Waals surface area (Å²) < 4.78 is 6.08. The molecule has 0 radical (unpaired) electrons. The van der Waals surface area contributed by atoms with Crippen LogP contribution in [-0.4, -0.2) is 61.4 Å². The third kappa shape index (κ3) is 6.31. The van der Waals surface area contributed by atoms with E-state index in [1.807, 2.05) is 41.3 Å². The third-order valence-electron chi connectivity index (χ3n) is 5.94. The molecule has 1 aliphatic rings. The second-order valence-corrected chi connectivity index (χ2v) is 8.37. The van der Waals surface area contributed by atoms with Gasteiger partial charge >= 0.3 is 0 Å². The molecule has 166 valence electrons. The highest BCUT2D eigenvalue weighted by atomic mass is 16.5. The van der Waals surface area contributed by atoms with Crippen LogP contribution in [0.3, 0.4) is 0 Å². The summed E-state index contributed by atoms with van der Waals surface area (Å²) >= 11 is 0. The van der Waals surface area contributed by atoms with Gasteiger partial charge in [0.15, 0.2) is 0 Å². The van der Waals surface area contributed by atoms with Crippen LogP contribution >= 0.6 is 0 Å². The second kappa shape index (κ2) is 11.0. The molecule has 6 heteroatoms. The molecule has 1 heterocycles. The fourth-order valence-corrected chi connectivity index (χ4v) is 3.85. The molecule has 1 atom stereocenters. The van der Waals surface area contributed by atoms with Gasteiger partial charge in [-0.25, -0.2) is 0 Å². The van der Waals surface area contributed by atoms with E-state index in [0.717, 1.165) is 55.9 Å². The average molecular weight is 424 g/mol. The normalized spacial score (nSPS) is 15.5. The maximum absolute atomic E-state index is 12.4. The number of hydrogen-bond donors (Lipinski definition) is 1. The van der Waals surface area contributed by atoms with Crippen molar-refractivity contribution in [2.45, 2.75) is 26.2 Å². The van der Waals surface area contributed by atoms with E-state index in [1.54, 1.807) is 12.1 Å². The van der Waals surface area contributed by atoms with Crippen LogP contribution in [0.1, 0.15) is 36.5 Å². The van der Waals surface area contributed by atoms with Crippen LogP contribution in [0.5, 0.6) is 5.75 Å². The Labute approximate surface area is 185 Å². The first-order valence-electron chi connectivity index (χ1n) is 11.0. The van der Waals surface area contributed by atoms with E-state index >= 15 is 0 Å². The van der Waals surface area contributed by atoms with Crippen molar-refractivity contribution in [3.63, 3.8) is 0 Å². The fourth-order valence-electron chi connectivity index (χ4n) is 3.85. The van der Waals surface area contributed by atoms with Crippen molar-refractivity contribution in [1.82, 2.24) is 9.80 Å². The summed E-state index contributed by atoms with van der Waals surface area (Å²) in [6, 6.07) is 15.0. The van der Waals surface area contributed by atoms with Crippen molar-refractivity contribution in [3.05, 3.63) is 54.1 Å². The van der Waals surface area contributed by atoms with Crippen LogP contribution in [0.4, 0.5) is 0 Å². The highest BCUT2D eigenvalue weighted by Crippen LogP contribution is 2.32. The number of piperazine rings is 1. The molecule has 1 fully saturated rings. The predicted molar refractivity (Wildman–Crippen MR) is 123 cm³/mol. The summed E-state index contributed by atoms with van der Waals surface area (Å²) in [5, 5.41) is 0. The molecule has 2 aromatic carbocycles. The van der Waals surface area contributed by atoms with Crippen molar-refractivity contribution >= 4 is 11.8 Å². The standard InChI is InChI=1S/C25H33N3O3/c1-19(11-12-24(29)28-16-14-27(2)15-17-28)13-18-31-23-10-6-5-8-21(23)20-7-3-4-9-22(20)25(26)30/h3-10,19H,11-18H2,1-2H3,(H2,26,30). The first-order chi connectivity index (χ1) is 15.0. The van der Waals surface area contributed by atoms with Crippen molar-refractivity contribution < 1.29 is 14.3 Å². The number of rotatable bonds is 9. The van der Waals surface area contributed by atoms with Crippen molar-refractivity contribution in [3.8, 4) is 16.9 Å². The number of carbonyl (C=O) groups excluding carboxylic acids is 2. The van der Waals surface area contributed by atoms with Gasteiger partial charge in [0, 0.05) is 43.7 Å². The summed E-state index contributed by atoms with van der Waals surface area (Å²) in [6.45, 7) is 6.28. The average Bonchev–Trinajstić information content (AvgIpc) is 2.78. The lowest BCUT2D eigenvalue weighted by atomic mass is 9.98. The van der Waals surface area contributed by atoms with Gasteiger partial charge in [0.25, 0.3) is 0 Å². The fraction of sp³-hybridized carbons (Fsp3) is 0.440. The van der Waals surface area contributed by atoms with Gasteiger partial charge < -0.3 is 20.3 Å². The Balaban J connectivity index is 1.51. The third-order valence-corrected chi connectivity index (χ3v) is 5.94. The van der Waals surface area contributed by atoms with Gasteiger partial charge in [-0.3, -0.25) is 9.59 Å². The molecule has 2 N–H and O–H groups in total. The van der Waals surface area contributed by atoms with Crippen LogP contribution in [0.25, 0.3) is 11.1 Å². The molecule has 0 aliphatic carbocycles. The smallest absolute Gasteiger partial charge is 0.249 e. The maximum atomic E-state index is 12.4. The zero-order valence-electron chi connectivity index (χ0n) is 18.5. The monoisotopic (exact) mass is 423 g/mol. The summed E-state index contributed by atoms with van der Waals surface area (Å²) in [4.78, 5) is 28.5. The molecule has 0 saturated carbocycles. The molecule has 0 bridgehead atoms. The van der Waals surface area contributed by atoms with E-state index in [9.17, 15) is 9.59 Å². The van der Waals surface area contributed by atoms with Crippen LogP contribution in [-0.2, 0) is 4.79 Å². The van der Waals surface area contributed by atoms with Crippen LogP contribution in [0, 0.1) is 5.92 Å². The summed E-state index contributed by atoms with van der Waals surface area (Å²) in [7, 11) is 2.09. The van der Waals surface area contributed by atoms with Gasteiger partial charge in [-0.05, 0) is 43.5 Å². The lowest BCUT2D eigenvalue weighted by Gasteiger charge is -2.32. The molecular formula is C25H33N3O3. The summed E-state index contributed by atoms with van der Waals surface area (Å²) in [5.74, 6) is 0.928. The van der Waals surface area contributed by atoms with Crippen LogP contribution < -0.4 is 10.5 Å². The Hall–Kier alpha value is -2.86. The molecule has 1 unspecified atom stereocenters. The first kappa shape index (κ1) is 22.8. The first-order valence-corrected chi connectivity index (χ1v) is 11.0. The molecule has 31 heavy (non-hydrogen) atoms. The van der Waals surface area contributed by atoms with E-state index in [4.69, 9.17) is 10.5 Å². The minimum absolute atomic E-state index is 0.259. The number of carbonyl (C=O) groups is 2. The summed E-state index contributed by atoms with van der Waals surface area (Å²) in [6.07, 6.45) is 2.32. The summed E-state index contributed by atoms with van der Waals surface area (Å²) in [5.41, 5.74) is 7.66. The highest BCUT2D eigenvalue weighted by Gasteiger charge is 2.19. The number of amides is 2. The van der Waals surface area contributed by atoms with Gasteiger partial charge in [-0.1, -0.05) is 43.3 Å². The van der Waals surface area contributed by atoms with Gasteiger partial charge in [0.1, 0.15) is 5.75 Å². The van der Waals surface area contributed by atoms with Crippen LogP contribution in [0.15, 0.2) is 48.5 Å². The van der Waals surface area contributed by atoms with E-state index in [2.05, 4.69) is 18.9 Å². The van der Waals surface area contributed by atoms with E-state index in [-0.39, 0.29) is 5.91 Å². The van der Waals surface area contributed by atoms with Gasteiger partial charge in [-0.2, -0.15) is 0 Å². The number of likely N-dealkylation sites (N-methyl/N-ethyl adjacent to an activating group) is 1. The molecule has 3 rings (SSSR count). The van der Waals surface area contributed by atoms with Gasteiger partial charge in [-0.15, -0.1) is 0 Å². The van der Waals surface area contributed by atoms with Gasteiger partial charge in [0.2, 0.25) is 11.8 Å². The van der Waals surface area contributed by atoms with Crippen molar-refractivity contribution in [2.24, 2.45) is 11.7 Å². The number of ether oxygens (including phenoxy) is 1. The number of nitrogens with two attached hydrogens (primary N) is 1. The Bertz CT molecular complexity index is 891.